The van der Waals surface area contributed by atoms with Crippen molar-refractivity contribution in [3.05, 3.63) is 288 Å². The second-order valence-corrected chi connectivity index (χ2v) is 27.5. The van der Waals surface area contributed by atoms with Gasteiger partial charge in [0.25, 0.3) is 0 Å². The predicted octanol–water partition coefficient (Wildman–Crippen LogP) is 25.3. The van der Waals surface area contributed by atoms with Gasteiger partial charge in [-0.2, -0.15) is 0 Å². The molecule has 0 saturated heterocycles. The van der Waals surface area contributed by atoms with Crippen molar-refractivity contribution in [2.24, 2.45) is 0 Å². The minimum Gasteiger partial charge on any atom is -0.310 e. The highest BCUT2D eigenvalue weighted by atomic mass is 15.2. The first-order valence-corrected chi connectivity index (χ1v) is 32.4. The normalized spacial score (nSPS) is 13.9. The first-order chi connectivity index (χ1) is 43.8. The molecule has 0 saturated carbocycles. The first-order valence-electron chi connectivity index (χ1n) is 32.4. The van der Waals surface area contributed by atoms with Crippen molar-refractivity contribution in [1.29, 1.82) is 0 Å². The van der Waals surface area contributed by atoms with Crippen molar-refractivity contribution in [2.75, 3.05) is 9.80 Å². The quantitative estimate of drug-likeness (QED) is 0.140. The molecule has 90 heavy (non-hydrogen) atoms. The molecule has 0 spiro atoms. The van der Waals surface area contributed by atoms with Gasteiger partial charge in [0.15, 0.2) is 0 Å². The molecule has 0 N–H and O–H groups in total. The van der Waals surface area contributed by atoms with E-state index in [2.05, 4.69) is 320 Å². The van der Waals surface area contributed by atoms with Crippen molar-refractivity contribution >= 4 is 131 Å². The molecule has 0 unspecified atom stereocenters. The van der Waals surface area contributed by atoms with Crippen molar-refractivity contribution in [1.82, 2.24) is 0 Å². The van der Waals surface area contributed by atoms with E-state index in [0.29, 0.717) is 11.8 Å². The standard InChI is InChI=1S/C88H68N2/c1-51(2)53-25-33-57(34-26-53)89(59-37-41-71-77(49-59)87(5,6)75-45-43-69-65-21-11-9-17-61(65)63-19-13-15-23-67(63)83(69)85(71)75)79-47-31-55-30-40-74-80(48-32-56-29-39-73(79)81(55)82(56)74)90(58-35-27-54(28-36-58)52(3)4)60-38-42-72-78(50-60)88(7,8)76-46-44-70-66-22-12-10-18-62(66)64-20-14-16-24-68(64)84(70)86(72)76/h9-52H,1-8H3. The third-order valence-electron chi connectivity index (χ3n) is 21.3. The summed E-state index contributed by atoms with van der Waals surface area (Å²) in [6.07, 6.45) is 0. The Kier molecular flexibility index (Phi) is 11.2. The highest BCUT2D eigenvalue weighted by Crippen LogP contribution is 2.58. The van der Waals surface area contributed by atoms with Gasteiger partial charge in [-0.15, -0.1) is 0 Å². The highest BCUT2D eigenvalue weighted by Gasteiger charge is 2.40. The molecule has 430 valence electrons. The number of hydrogen-bond acceptors (Lipinski definition) is 2. The van der Waals surface area contributed by atoms with Crippen LogP contribution in [0.1, 0.15) is 101 Å². The lowest BCUT2D eigenvalue weighted by molar-refractivity contribution is 0.661. The zero-order chi connectivity index (χ0) is 60.6. The summed E-state index contributed by atoms with van der Waals surface area (Å²) in [6, 6.07) is 98.0. The highest BCUT2D eigenvalue weighted by molar-refractivity contribution is 6.32. The Morgan fingerprint density at radius 3 is 0.911 bits per heavy atom. The molecule has 18 rings (SSSR count). The fourth-order valence-electron chi connectivity index (χ4n) is 16.7. The maximum Gasteiger partial charge on any atom is 0.0540 e. The van der Waals surface area contributed by atoms with Crippen molar-refractivity contribution in [3.8, 4) is 22.3 Å². The van der Waals surface area contributed by atoms with E-state index in [1.807, 2.05) is 0 Å². The van der Waals surface area contributed by atoms with Gasteiger partial charge in [0.05, 0.1) is 11.4 Å². The number of anilines is 6. The summed E-state index contributed by atoms with van der Waals surface area (Å²) in [4.78, 5) is 5.08. The van der Waals surface area contributed by atoms with Gasteiger partial charge in [0.2, 0.25) is 0 Å². The Morgan fingerprint density at radius 1 is 0.256 bits per heavy atom. The number of rotatable bonds is 8. The van der Waals surface area contributed by atoms with E-state index in [1.54, 1.807) is 0 Å². The van der Waals surface area contributed by atoms with Crippen LogP contribution in [0.15, 0.2) is 255 Å². The Balaban J connectivity index is 0.830. The van der Waals surface area contributed by atoms with Crippen LogP contribution in [0.5, 0.6) is 0 Å². The van der Waals surface area contributed by atoms with Crippen LogP contribution < -0.4 is 9.80 Å². The smallest absolute Gasteiger partial charge is 0.0540 e. The van der Waals surface area contributed by atoms with E-state index in [9.17, 15) is 0 Å². The Bertz CT molecular complexity index is 5300. The lowest BCUT2D eigenvalue weighted by Gasteiger charge is -2.31. The van der Waals surface area contributed by atoms with Gasteiger partial charge >= 0.3 is 0 Å². The van der Waals surface area contributed by atoms with Crippen LogP contribution in [0, 0.1) is 0 Å². The zero-order valence-electron chi connectivity index (χ0n) is 52.3. The molecule has 0 aliphatic heterocycles. The Morgan fingerprint density at radius 2 is 0.556 bits per heavy atom. The van der Waals surface area contributed by atoms with E-state index in [4.69, 9.17) is 0 Å². The van der Waals surface area contributed by atoms with Gasteiger partial charge in [-0.05, 0) is 214 Å². The maximum absolute atomic E-state index is 2.54. The Hall–Kier alpha value is -10.3. The molecule has 2 nitrogen and oxygen atoms in total. The molecule has 2 aliphatic rings. The summed E-state index contributed by atoms with van der Waals surface area (Å²) >= 11 is 0. The van der Waals surface area contributed by atoms with Crippen molar-refractivity contribution < 1.29 is 0 Å². The second kappa shape index (κ2) is 19.1. The van der Waals surface area contributed by atoms with Crippen LogP contribution in [0.4, 0.5) is 34.1 Å². The summed E-state index contributed by atoms with van der Waals surface area (Å²) in [5.41, 5.74) is 19.8. The molecule has 16 aromatic carbocycles. The SMILES string of the molecule is CC(C)c1ccc(N(c2ccc3c(c2)C(C)(C)c2ccc4c5ccccc5c5ccccc5c4c2-3)c2ccc3ccc4c(N(c5ccc(C(C)C)cc5)c5ccc6c(c5)C(C)(C)c5ccc7c8ccccc8c8ccccc8c7c5-6)ccc5ccc2c3c54)cc1. The summed E-state index contributed by atoms with van der Waals surface area (Å²) in [6.45, 7) is 18.9. The minimum atomic E-state index is -0.258. The lowest BCUT2D eigenvalue weighted by Crippen LogP contribution is -2.17. The molecule has 0 radical (unpaired) electrons. The zero-order valence-corrected chi connectivity index (χ0v) is 52.3. The van der Waals surface area contributed by atoms with Crippen LogP contribution in [0.3, 0.4) is 0 Å². The second-order valence-electron chi connectivity index (χ2n) is 27.5. The van der Waals surface area contributed by atoms with Gasteiger partial charge in [-0.25, -0.2) is 0 Å². The van der Waals surface area contributed by atoms with Crippen molar-refractivity contribution in [3.63, 3.8) is 0 Å². The molecule has 2 heteroatoms. The van der Waals surface area contributed by atoms with E-state index in [-0.39, 0.29) is 10.8 Å². The van der Waals surface area contributed by atoms with Crippen LogP contribution in [-0.2, 0) is 10.8 Å². The van der Waals surface area contributed by atoms with Gasteiger partial charge in [-0.1, -0.05) is 250 Å². The molecule has 2 aliphatic carbocycles. The third kappa shape index (κ3) is 7.34. The molecule has 0 atom stereocenters. The van der Waals surface area contributed by atoms with Gasteiger partial charge in [-0.3, -0.25) is 0 Å². The monoisotopic (exact) mass is 1150 g/mol. The minimum absolute atomic E-state index is 0.258. The largest absolute Gasteiger partial charge is 0.310 e. The predicted molar refractivity (Wildman–Crippen MR) is 388 cm³/mol. The molecule has 0 aromatic heterocycles. The van der Waals surface area contributed by atoms with Crippen LogP contribution in [0.2, 0.25) is 0 Å². The summed E-state index contributed by atoms with van der Waals surface area (Å²) in [5, 5.41) is 23.2. The average molecular weight is 1150 g/mol. The van der Waals surface area contributed by atoms with E-state index < -0.39 is 0 Å². The number of fused-ring (bicyclic) bond motifs is 20. The fourth-order valence-corrected chi connectivity index (χ4v) is 16.7. The molecule has 0 amide bonds. The molecular formula is C88H68N2. The van der Waals surface area contributed by atoms with Crippen LogP contribution in [-0.4, -0.2) is 0 Å². The average Bonchev–Trinajstić information content (AvgIpc) is 1.23. The van der Waals surface area contributed by atoms with E-state index >= 15 is 0 Å². The molecule has 16 aromatic rings. The number of benzene rings is 16. The number of hydrogen-bond donors (Lipinski definition) is 0. The maximum atomic E-state index is 2.54. The molecule has 0 fully saturated rings. The van der Waals surface area contributed by atoms with Gasteiger partial charge < -0.3 is 9.80 Å². The van der Waals surface area contributed by atoms with Gasteiger partial charge in [0, 0.05) is 44.4 Å². The van der Waals surface area contributed by atoms with Crippen LogP contribution >= 0.6 is 0 Å². The lowest BCUT2D eigenvalue weighted by atomic mass is 9.81. The fraction of sp³-hybridized carbons (Fsp3) is 0.136. The van der Waals surface area contributed by atoms with Gasteiger partial charge in [0.1, 0.15) is 0 Å². The molecule has 0 heterocycles. The summed E-state index contributed by atoms with van der Waals surface area (Å²) in [7, 11) is 0. The summed E-state index contributed by atoms with van der Waals surface area (Å²) in [5.74, 6) is 0.820. The van der Waals surface area contributed by atoms with E-state index in [0.717, 1.165) is 34.1 Å². The van der Waals surface area contributed by atoms with Crippen LogP contribution in [0.25, 0.3) is 119 Å². The summed E-state index contributed by atoms with van der Waals surface area (Å²) < 4.78 is 0. The van der Waals surface area contributed by atoms with E-state index in [1.165, 1.54) is 153 Å². The molecular weight excluding hydrogens is 1080 g/mol. The third-order valence-corrected chi connectivity index (χ3v) is 21.3. The Labute approximate surface area is 526 Å². The topological polar surface area (TPSA) is 6.48 Å². The molecule has 0 bridgehead atoms. The first kappa shape index (κ1) is 52.8. The number of nitrogens with zero attached hydrogens (tertiary/aromatic N) is 2. The van der Waals surface area contributed by atoms with Crippen molar-refractivity contribution in [2.45, 2.75) is 78.1 Å².